The Kier molecular flexibility index (Phi) is 4.60. The number of aliphatic hydroxyl groups is 1. The monoisotopic (exact) mass is 410 g/mol. The molecular formula is C26H22N2O3. The molecule has 0 aliphatic carbocycles. The van der Waals surface area contributed by atoms with E-state index in [0.717, 1.165) is 22.7 Å². The van der Waals surface area contributed by atoms with Crippen molar-refractivity contribution in [2.24, 2.45) is 0 Å². The number of benzene rings is 3. The standard InChI is InChI=1S/C26H22N2O3/c1-31-22-13-11-19(12-14-22)18-28-24-10-3-2-9-23(24)26(30,25(28)29)20-7-6-8-21(17-20)27-15-4-5-16-27/h2-17,30H,18H2,1H3. The molecule has 1 unspecified atom stereocenters. The molecule has 2 heterocycles. The largest absolute Gasteiger partial charge is 0.497 e. The fourth-order valence-electron chi connectivity index (χ4n) is 4.18. The Morgan fingerprint density at radius 1 is 0.903 bits per heavy atom. The number of nitrogens with zero attached hydrogens (tertiary/aromatic N) is 2. The second-order valence-corrected chi connectivity index (χ2v) is 7.61. The lowest BCUT2D eigenvalue weighted by Crippen LogP contribution is -2.41. The van der Waals surface area contributed by atoms with Crippen molar-refractivity contribution in [3.05, 3.63) is 114 Å². The molecule has 5 nitrogen and oxygen atoms in total. The number of fused-ring (bicyclic) bond motifs is 1. The Bertz CT molecular complexity index is 1230. The van der Waals surface area contributed by atoms with E-state index in [0.29, 0.717) is 17.7 Å². The first-order chi connectivity index (χ1) is 15.1. The average molecular weight is 410 g/mol. The van der Waals surface area contributed by atoms with E-state index in [4.69, 9.17) is 4.74 Å². The Balaban J connectivity index is 1.57. The highest BCUT2D eigenvalue weighted by molar-refractivity contribution is 6.09. The third-order valence-corrected chi connectivity index (χ3v) is 5.81. The van der Waals surface area contributed by atoms with Gasteiger partial charge in [-0.2, -0.15) is 0 Å². The highest BCUT2D eigenvalue weighted by Gasteiger charge is 2.51. The lowest BCUT2D eigenvalue weighted by atomic mass is 9.87. The van der Waals surface area contributed by atoms with Gasteiger partial charge in [0.15, 0.2) is 5.60 Å². The second kappa shape index (κ2) is 7.45. The summed E-state index contributed by atoms with van der Waals surface area (Å²) in [7, 11) is 1.62. The van der Waals surface area contributed by atoms with Crippen molar-refractivity contribution in [2.75, 3.05) is 12.0 Å². The zero-order valence-electron chi connectivity index (χ0n) is 17.1. The number of hydrogen-bond acceptors (Lipinski definition) is 3. The van der Waals surface area contributed by atoms with Gasteiger partial charge in [-0.3, -0.25) is 4.79 Å². The summed E-state index contributed by atoms with van der Waals surface area (Å²) in [6.07, 6.45) is 3.87. The predicted octanol–water partition coefficient (Wildman–Crippen LogP) is 4.27. The Morgan fingerprint density at radius 3 is 2.39 bits per heavy atom. The molecule has 0 bridgehead atoms. The van der Waals surface area contributed by atoms with Crippen LogP contribution in [0.25, 0.3) is 5.69 Å². The smallest absolute Gasteiger partial charge is 0.268 e. The highest BCUT2D eigenvalue weighted by atomic mass is 16.5. The molecule has 1 aliphatic heterocycles. The van der Waals surface area contributed by atoms with Crippen LogP contribution in [0.1, 0.15) is 16.7 Å². The Labute approximate surface area is 180 Å². The molecule has 154 valence electrons. The second-order valence-electron chi connectivity index (χ2n) is 7.61. The first kappa shape index (κ1) is 19.2. The van der Waals surface area contributed by atoms with Gasteiger partial charge in [-0.1, -0.05) is 42.5 Å². The molecule has 5 heteroatoms. The van der Waals surface area contributed by atoms with Gasteiger partial charge in [0.05, 0.1) is 19.3 Å². The molecule has 0 fully saturated rings. The van der Waals surface area contributed by atoms with E-state index in [1.165, 1.54) is 0 Å². The van der Waals surface area contributed by atoms with Crippen LogP contribution < -0.4 is 9.64 Å². The van der Waals surface area contributed by atoms with Crippen molar-refractivity contribution in [3.8, 4) is 11.4 Å². The van der Waals surface area contributed by atoms with Crippen LogP contribution in [0, 0.1) is 0 Å². The summed E-state index contributed by atoms with van der Waals surface area (Å²) in [6.45, 7) is 0.361. The van der Waals surface area contributed by atoms with Gasteiger partial charge < -0.3 is 19.3 Å². The minimum absolute atomic E-state index is 0.353. The summed E-state index contributed by atoms with van der Waals surface area (Å²) in [4.78, 5) is 15.3. The first-order valence-electron chi connectivity index (χ1n) is 10.1. The van der Waals surface area contributed by atoms with Crippen LogP contribution in [0.4, 0.5) is 5.69 Å². The van der Waals surface area contributed by atoms with Gasteiger partial charge in [0, 0.05) is 23.6 Å². The van der Waals surface area contributed by atoms with Crippen LogP contribution in [0.3, 0.4) is 0 Å². The molecule has 3 aromatic carbocycles. The molecule has 0 spiro atoms. The van der Waals surface area contributed by atoms with E-state index in [1.54, 1.807) is 18.1 Å². The van der Waals surface area contributed by atoms with Crippen molar-refractivity contribution < 1.29 is 14.6 Å². The Morgan fingerprint density at radius 2 is 1.65 bits per heavy atom. The third kappa shape index (κ3) is 3.10. The number of rotatable bonds is 5. The zero-order chi connectivity index (χ0) is 21.4. The number of aromatic nitrogens is 1. The number of carbonyl (C=O) groups excluding carboxylic acids is 1. The quantitative estimate of drug-likeness (QED) is 0.535. The molecule has 4 aromatic rings. The van der Waals surface area contributed by atoms with Gasteiger partial charge in [0.2, 0.25) is 0 Å². The fourth-order valence-corrected chi connectivity index (χ4v) is 4.18. The normalized spacial score (nSPS) is 17.6. The minimum Gasteiger partial charge on any atom is -0.497 e. The van der Waals surface area contributed by atoms with Crippen molar-refractivity contribution in [2.45, 2.75) is 12.1 Å². The van der Waals surface area contributed by atoms with Crippen molar-refractivity contribution in [3.63, 3.8) is 0 Å². The van der Waals surface area contributed by atoms with E-state index in [1.807, 2.05) is 95.8 Å². The van der Waals surface area contributed by atoms with Crippen LogP contribution >= 0.6 is 0 Å². The number of anilines is 1. The topological polar surface area (TPSA) is 54.7 Å². The minimum atomic E-state index is -1.74. The van der Waals surface area contributed by atoms with Crippen LogP contribution in [-0.2, 0) is 16.9 Å². The summed E-state index contributed by atoms with van der Waals surface area (Å²) in [5.41, 5.74) is 1.96. The first-order valence-corrected chi connectivity index (χ1v) is 10.1. The molecule has 5 rings (SSSR count). The predicted molar refractivity (Wildman–Crippen MR) is 119 cm³/mol. The van der Waals surface area contributed by atoms with E-state index in [9.17, 15) is 9.90 Å². The maximum Gasteiger partial charge on any atom is 0.268 e. The van der Waals surface area contributed by atoms with E-state index >= 15 is 0 Å². The van der Waals surface area contributed by atoms with Crippen molar-refractivity contribution in [1.29, 1.82) is 0 Å². The number of carbonyl (C=O) groups is 1. The summed E-state index contributed by atoms with van der Waals surface area (Å²) in [5, 5.41) is 11.8. The maximum absolute atomic E-state index is 13.7. The molecule has 0 radical (unpaired) electrons. The van der Waals surface area contributed by atoms with Crippen LogP contribution in [0.5, 0.6) is 5.75 Å². The molecule has 31 heavy (non-hydrogen) atoms. The molecule has 1 aromatic heterocycles. The summed E-state index contributed by atoms with van der Waals surface area (Å²) < 4.78 is 7.18. The Hall–Kier alpha value is -3.83. The number of methoxy groups -OCH3 is 1. The van der Waals surface area contributed by atoms with E-state index in [-0.39, 0.29) is 5.91 Å². The SMILES string of the molecule is COc1ccc(CN2C(=O)C(O)(c3cccc(-n4cccc4)c3)c3ccccc32)cc1. The van der Waals surface area contributed by atoms with Gasteiger partial charge in [-0.15, -0.1) is 0 Å². The molecule has 1 atom stereocenters. The van der Waals surface area contributed by atoms with Crippen molar-refractivity contribution in [1.82, 2.24) is 4.57 Å². The number of ether oxygens (including phenoxy) is 1. The van der Waals surface area contributed by atoms with Crippen molar-refractivity contribution >= 4 is 11.6 Å². The van der Waals surface area contributed by atoms with Crippen LogP contribution in [-0.4, -0.2) is 22.7 Å². The van der Waals surface area contributed by atoms with Crippen LogP contribution in [0.2, 0.25) is 0 Å². The number of amides is 1. The van der Waals surface area contributed by atoms with Gasteiger partial charge in [-0.25, -0.2) is 0 Å². The van der Waals surface area contributed by atoms with Gasteiger partial charge in [0.1, 0.15) is 5.75 Å². The highest BCUT2D eigenvalue weighted by Crippen LogP contribution is 2.45. The molecular weight excluding hydrogens is 388 g/mol. The molecule has 1 aliphatic rings. The third-order valence-electron chi connectivity index (χ3n) is 5.81. The number of hydrogen-bond donors (Lipinski definition) is 1. The molecule has 0 saturated heterocycles. The fraction of sp³-hybridized carbons (Fsp3) is 0.115. The van der Waals surface area contributed by atoms with Gasteiger partial charge >= 0.3 is 0 Å². The van der Waals surface area contributed by atoms with E-state index < -0.39 is 5.60 Å². The lowest BCUT2D eigenvalue weighted by Gasteiger charge is -2.24. The van der Waals surface area contributed by atoms with Gasteiger partial charge in [-0.05, 0) is 53.6 Å². The summed E-state index contributed by atoms with van der Waals surface area (Å²) in [5.74, 6) is 0.407. The van der Waals surface area contributed by atoms with E-state index in [2.05, 4.69) is 0 Å². The average Bonchev–Trinajstić information content (AvgIpc) is 3.43. The lowest BCUT2D eigenvalue weighted by molar-refractivity contribution is -0.132. The zero-order valence-corrected chi connectivity index (χ0v) is 17.1. The summed E-state index contributed by atoms with van der Waals surface area (Å²) in [6, 6.07) is 26.4. The van der Waals surface area contributed by atoms with Crippen LogP contribution in [0.15, 0.2) is 97.3 Å². The molecule has 1 N–H and O–H groups in total. The summed E-state index contributed by atoms with van der Waals surface area (Å²) >= 11 is 0. The molecule has 1 amide bonds. The van der Waals surface area contributed by atoms with Gasteiger partial charge in [0.25, 0.3) is 5.91 Å². The number of para-hydroxylation sites is 1. The maximum atomic E-state index is 13.7. The molecule has 0 saturated carbocycles.